The van der Waals surface area contributed by atoms with Crippen molar-refractivity contribution < 1.29 is 23.7 Å². The number of thioether (sulfide) groups is 1. The van der Waals surface area contributed by atoms with Gasteiger partial charge < -0.3 is 33.6 Å². The Morgan fingerprint density at radius 3 is 2.11 bits per heavy atom. The van der Waals surface area contributed by atoms with Crippen molar-refractivity contribution in [3.05, 3.63) is 71.8 Å². The van der Waals surface area contributed by atoms with E-state index in [0.717, 1.165) is 80.4 Å². The molecule has 8 nitrogen and oxygen atoms in total. The molecule has 0 radical (unpaired) electrons. The van der Waals surface area contributed by atoms with Gasteiger partial charge >= 0.3 is 0 Å². The van der Waals surface area contributed by atoms with Crippen LogP contribution < -0.4 is 23.8 Å². The van der Waals surface area contributed by atoms with E-state index in [9.17, 15) is 4.79 Å². The van der Waals surface area contributed by atoms with Crippen LogP contribution in [0.15, 0.2) is 65.6 Å². The lowest BCUT2D eigenvalue weighted by Gasteiger charge is -2.41. The van der Waals surface area contributed by atoms with Gasteiger partial charge in [0.15, 0.2) is 11.5 Å². The van der Waals surface area contributed by atoms with Crippen molar-refractivity contribution in [1.29, 1.82) is 0 Å². The molecule has 3 aromatic rings. The molecule has 0 bridgehead atoms. The van der Waals surface area contributed by atoms with E-state index in [1.807, 2.05) is 55.6 Å². The van der Waals surface area contributed by atoms with Gasteiger partial charge in [-0.05, 0) is 68.1 Å². The van der Waals surface area contributed by atoms with Crippen LogP contribution in [0.25, 0.3) is 0 Å². The van der Waals surface area contributed by atoms with Crippen molar-refractivity contribution in [2.24, 2.45) is 0 Å². The van der Waals surface area contributed by atoms with Crippen molar-refractivity contribution in [2.45, 2.75) is 42.2 Å². The number of methoxy groups -OCH3 is 3. The molecular weight excluding hydrogens is 586 g/mol. The van der Waals surface area contributed by atoms with E-state index in [-0.39, 0.29) is 5.91 Å². The standard InChI is InChI=1S/C36H47N3O5S/c1-6-36(35(40)37(2)29-14-8-10-16-33(29)45-36)28-13-7-9-15-30(28)44-24-12-11-18-38-20-22-39(23-21-38)19-17-27-25-31(41-3)34(43-5)32(26-27)42-4/h7-10,13-16,25-26H,6,11-12,17-24H2,1-5H3. The fourth-order valence-corrected chi connectivity index (χ4v) is 7.84. The number of fused-ring (bicyclic) bond motifs is 1. The first-order valence-electron chi connectivity index (χ1n) is 16.0. The molecule has 0 aromatic heterocycles. The van der Waals surface area contributed by atoms with Gasteiger partial charge in [0, 0.05) is 50.2 Å². The highest BCUT2D eigenvalue weighted by Gasteiger charge is 2.47. The molecule has 3 aromatic carbocycles. The molecule has 45 heavy (non-hydrogen) atoms. The Kier molecular flexibility index (Phi) is 11.2. The number of amides is 1. The molecule has 1 saturated heterocycles. The van der Waals surface area contributed by atoms with Crippen molar-refractivity contribution >= 4 is 23.4 Å². The zero-order chi connectivity index (χ0) is 31.8. The number of nitrogens with zero attached hydrogens (tertiary/aromatic N) is 3. The molecule has 0 aliphatic carbocycles. The number of piperazine rings is 1. The van der Waals surface area contributed by atoms with Crippen LogP contribution in [0.4, 0.5) is 5.69 Å². The number of para-hydroxylation sites is 2. The van der Waals surface area contributed by atoms with E-state index in [1.54, 1.807) is 38.0 Å². The second kappa shape index (κ2) is 15.3. The zero-order valence-electron chi connectivity index (χ0n) is 27.3. The van der Waals surface area contributed by atoms with Gasteiger partial charge in [-0.25, -0.2) is 0 Å². The van der Waals surface area contributed by atoms with Gasteiger partial charge in [0.2, 0.25) is 11.7 Å². The summed E-state index contributed by atoms with van der Waals surface area (Å²) in [6, 6.07) is 20.3. The molecule has 0 spiro atoms. The van der Waals surface area contributed by atoms with E-state index in [1.165, 1.54) is 5.56 Å². The van der Waals surface area contributed by atoms with Crippen LogP contribution >= 0.6 is 11.8 Å². The Morgan fingerprint density at radius 2 is 1.44 bits per heavy atom. The SMILES string of the molecule is CCC1(c2ccccc2OCCCCN2CCN(CCc3cc(OC)c(OC)c(OC)c3)CC2)Sc2ccccc2N(C)C1=O. The molecule has 1 atom stereocenters. The van der Waals surface area contributed by atoms with E-state index in [0.29, 0.717) is 30.3 Å². The predicted molar refractivity (Wildman–Crippen MR) is 182 cm³/mol. The summed E-state index contributed by atoms with van der Waals surface area (Å²) in [5.74, 6) is 2.96. The number of anilines is 1. The maximum atomic E-state index is 13.8. The zero-order valence-corrected chi connectivity index (χ0v) is 28.2. The Morgan fingerprint density at radius 1 is 0.800 bits per heavy atom. The van der Waals surface area contributed by atoms with Gasteiger partial charge in [-0.1, -0.05) is 37.3 Å². The average molecular weight is 634 g/mol. The van der Waals surface area contributed by atoms with Gasteiger partial charge in [0.25, 0.3) is 0 Å². The van der Waals surface area contributed by atoms with Crippen LogP contribution in [0.1, 0.15) is 37.3 Å². The Bertz CT molecular complexity index is 1420. The normalized spacial score (nSPS) is 18.9. The third kappa shape index (κ3) is 7.21. The molecule has 2 heterocycles. The number of unbranched alkanes of at least 4 members (excludes halogenated alkanes) is 1. The highest BCUT2D eigenvalue weighted by Crippen LogP contribution is 2.54. The molecule has 1 fully saturated rings. The molecule has 0 saturated carbocycles. The monoisotopic (exact) mass is 633 g/mol. The number of hydrogen-bond acceptors (Lipinski definition) is 8. The molecular formula is C36H47N3O5S. The van der Waals surface area contributed by atoms with Crippen molar-refractivity contribution in [3.8, 4) is 23.0 Å². The van der Waals surface area contributed by atoms with Crippen LogP contribution in [0, 0.1) is 0 Å². The molecule has 9 heteroatoms. The highest BCUT2D eigenvalue weighted by molar-refractivity contribution is 8.01. The summed E-state index contributed by atoms with van der Waals surface area (Å²) in [5, 5.41) is 0. The minimum atomic E-state index is -0.703. The fraction of sp³-hybridized carbons (Fsp3) is 0.472. The number of hydrogen-bond donors (Lipinski definition) is 0. The first-order valence-corrected chi connectivity index (χ1v) is 16.8. The molecule has 242 valence electrons. The van der Waals surface area contributed by atoms with Crippen molar-refractivity contribution in [2.75, 3.05) is 79.2 Å². The Labute approximate surface area is 272 Å². The number of benzene rings is 3. The van der Waals surface area contributed by atoms with Gasteiger partial charge in [-0.2, -0.15) is 0 Å². The molecule has 0 N–H and O–H groups in total. The van der Waals surface area contributed by atoms with Crippen LogP contribution in [0.2, 0.25) is 0 Å². The molecule has 1 unspecified atom stereocenters. The summed E-state index contributed by atoms with van der Waals surface area (Å²) in [6.07, 6.45) is 3.67. The van der Waals surface area contributed by atoms with Crippen LogP contribution in [0.5, 0.6) is 23.0 Å². The van der Waals surface area contributed by atoms with E-state index < -0.39 is 4.75 Å². The fourth-order valence-electron chi connectivity index (χ4n) is 6.37. The highest BCUT2D eigenvalue weighted by atomic mass is 32.2. The first kappa shape index (κ1) is 33.0. The second-order valence-corrected chi connectivity index (χ2v) is 13.0. The topological polar surface area (TPSA) is 63.7 Å². The maximum absolute atomic E-state index is 13.8. The van der Waals surface area contributed by atoms with E-state index in [4.69, 9.17) is 18.9 Å². The molecule has 2 aliphatic rings. The summed E-state index contributed by atoms with van der Waals surface area (Å²) in [7, 11) is 6.82. The number of rotatable bonds is 14. The Hall–Kier alpha value is -3.40. The maximum Gasteiger partial charge on any atom is 0.248 e. The van der Waals surface area contributed by atoms with Gasteiger partial charge in [0.1, 0.15) is 10.5 Å². The van der Waals surface area contributed by atoms with E-state index >= 15 is 0 Å². The molecule has 5 rings (SSSR count). The van der Waals surface area contributed by atoms with Crippen LogP contribution in [-0.4, -0.2) is 90.0 Å². The first-order chi connectivity index (χ1) is 21.9. The second-order valence-electron chi connectivity index (χ2n) is 11.6. The Balaban J connectivity index is 1.08. The summed E-state index contributed by atoms with van der Waals surface area (Å²) >= 11 is 1.65. The quantitative estimate of drug-likeness (QED) is 0.197. The number of carbonyl (C=O) groups excluding carboxylic acids is 1. The van der Waals surface area contributed by atoms with E-state index in [2.05, 4.69) is 28.9 Å². The smallest absolute Gasteiger partial charge is 0.248 e. The third-order valence-electron chi connectivity index (χ3n) is 9.01. The minimum Gasteiger partial charge on any atom is -0.493 e. The summed E-state index contributed by atoms with van der Waals surface area (Å²) < 4.78 is 22.2. The predicted octanol–water partition coefficient (Wildman–Crippen LogP) is 6.11. The summed E-state index contributed by atoms with van der Waals surface area (Å²) in [4.78, 5) is 21.8. The minimum absolute atomic E-state index is 0.104. The molecule has 2 aliphatic heterocycles. The lowest BCUT2D eigenvalue weighted by Crippen LogP contribution is -2.47. The van der Waals surface area contributed by atoms with Gasteiger partial charge in [-0.3, -0.25) is 4.79 Å². The number of likely N-dealkylation sites (N-methyl/N-ethyl adjacent to an activating group) is 1. The van der Waals surface area contributed by atoms with Crippen molar-refractivity contribution in [3.63, 3.8) is 0 Å². The van der Waals surface area contributed by atoms with Gasteiger partial charge in [0.05, 0.1) is 33.6 Å². The van der Waals surface area contributed by atoms with Crippen LogP contribution in [0.3, 0.4) is 0 Å². The third-order valence-corrected chi connectivity index (χ3v) is 10.6. The lowest BCUT2D eigenvalue weighted by molar-refractivity contribution is -0.121. The summed E-state index contributed by atoms with van der Waals surface area (Å²) in [5.41, 5.74) is 3.11. The van der Waals surface area contributed by atoms with Crippen LogP contribution in [-0.2, 0) is 16.0 Å². The van der Waals surface area contributed by atoms with Gasteiger partial charge in [-0.15, -0.1) is 11.8 Å². The number of carbonyl (C=O) groups is 1. The lowest BCUT2D eigenvalue weighted by atomic mass is 9.92. The largest absolute Gasteiger partial charge is 0.493 e. The summed E-state index contributed by atoms with van der Waals surface area (Å²) in [6.45, 7) is 9.08. The molecule has 1 amide bonds. The number of ether oxygens (including phenoxy) is 4. The average Bonchev–Trinajstić information content (AvgIpc) is 3.09. The van der Waals surface area contributed by atoms with Crippen molar-refractivity contribution in [1.82, 2.24) is 9.80 Å².